The van der Waals surface area contributed by atoms with Crippen molar-refractivity contribution in [3.8, 4) is 0 Å². The molecule has 0 aromatic rings. The van der Waals surface area contributed by atoms with Crippen molar-refractivity contribution in [2.75, 3.05) is 6.54 Å². The summed E-state index contributed by atoms with van der Waals surface area (Å²) in [5.74, 6) is 1.75. The van der Waals surface area contributed by atoms with Crippen molar-refractivity contribution >= 4 is 0 Å². The minimum atomic E-state index is 0.449. The molecule has 0 bridgehead atoms. The lowest BCUT2D eigenvalue weighted by atomic mass is 9.76. The highest BCUT2D eigenvalue weighted by atomic mass is 14.9. The fraction of sp³-hybridized carbons (Fsp3) is 1.00. The molecule has 1 heteroatoms. The minimum Gasteiger partial charge on any atom is -0.314 e. The molecule has 1 rings (SSSR count). The third-order valence-corrected chi connectivity index (χ3v) is 4.71. The fourth-order valence-electron chi connectivity index (χ4n) is 2.87. The van der Waals surface area contributed by atoms with Gasteiger partial charge in [0.2, 0.25) is 0 Å². The average molecular weight is 239 g/mol. The zero-order valence-electron chi connectivity index (χ0n) is 12.7. The van der Waals surface area contributed by atoms with E-state index in [1.165, 1.54) is 45.1 Å². The zero-order chi connectivity index (χ0) is 12.9. The maximum atomic E-state index is 3.81. The summed E-state index contributed by atoms with van der Waals surface area (Å²) in [6.45, 7) is 13.0. The Morgan fingerprint density at radius 1 is 1.18 bits per heavy atom. The van der Waals surface area contributed by atoms with Crippen molar-refractivity contribution in [3.05, 3.63) is 0 Å². The molecular weight excluding hydrogens is 206 g/mol. The Balaban J connectivity index is 2.50. The highest BCUT2D eigenvalue weighted by molar-refractivity contribution is 4.84. The van der Waals surface area contributed by atoms with Crippen LogP contribution in [0.5, 0.6) is 0 Å². The summed E-state index contributed by atoms with van der Waals surface area (Å²) in [7, 11) is 0. The third kappa shape index (κ3) is 4.99. The van der Waals surface area contributed by atoms with Gasteiger partial charge >= 0.3 is 0 Å². The maximum Gasteiger partial charge on any atom is 0.00980 e. The van der Waals surface area contributed by atoms with Crippen LogP contribution in [0.2, 0.25) is 0 Å². The van der Waals surface area contributed by atoms with Crippen LogP contribution in [0, 0.1) is 17.3 Å². The molecule has 0 saturated heterocycles. The molecular formula is C16H33N. The van der Waals surface area contributed by atoms with E-state index < -0.39 is 0 Å². The lowest BCUT2D eigenvalue weighted by Gasteiger charge is -2.34. The molecule has 102 valence electrons. The fourth-order valence-corrected chi connectivity index (χ4v) is 2.87. The van der Waals surface area contributed by atoms with Crippen molar-refractivity contribution < 1.29 is 0 Å². The molecule has 1 aliphatic carbocycles. The van der Waals surface area contributed by atoms with Crippen molar-refractivity contribution in [2.24, 2.45) is 17.3 Å². The van der Waals surface area contributed by atoms with Gasteiger partial charge < -0.3 is 5.32 Å². The monoisotopic (exact) mass is 239 g/mol. The molecule has 0 aliphatic heterocycles. The summed E-state index contributed by atoms with van der Waals surface area (Å²) in [6, 6.07) is 0.770. The van der Waals surface area contributed by atoms with Crippen molar-refractivity contribution in [2.45, 2.75) is 79.2 Å². The molecule has 1 saturated carbocycles. The first-order valence-corrected chi connectivity index (χ1v) is 7.68. The van der Waals surface area contributed by atoms with Crippen LogP contribution in [0.15, 0.2) is 0 Å². The van der Waals surface area contributed by atoms with Crippen molar-refractivity contribution in [1.29, 1.82) is 0 Å². The molecule has 1 fully saturated rings. The van der Waals surface area contributed by atoms with Crippen LogP contribution in [0.1, 0.15) is 73.1 Å². The van der Waals surface area contributed by atoms with Gasteiger partial charge in [-0.05, 0) is 49.5 Å². The van der Waals surface area contributed by atoms with Gasteiger partial charge in [-0.3, -0.25) is 0 Å². The second-order valence-electron chi connectivity index (χ2n) is 7.11. The molecule has 2 unspecified atom stereocenters. The Hall–Kier alpha value is -0.0400. The second kappa shape index (κ2) is 6.78. The summed E-state index contributed by atoms with van der Waals surface area (Å²) in [4.78, 5) is 0. The molecule has 1 aliphatic rings. The quantitative estimate of drug-likeness (QED) is 0.713. The maximum absolute atomic E-state index is 3.81. The summed E-state index contributed by atoms with van der Waals surface area (Å²) >= 11 is 0. The van der Waals surface area contributed by atoms with E-state index in [9.17, 15) is 0 Å². The molecule has 1 nitrogen and oxygen atoms in total. The zero-order valence-corrected chi connectivity index (χ0v) is 12.7. The molecule has 17 heavy (non-hydrogen) atoms. The summed E-state index contributed by atoms with van der Waals surface area (Å²) < 4.78 is 0. The topological polar surface area (TPSA) is 12.0 Å². The van der Waals surface area contributed by atoms with Crippen LogP contribution in [0.3, 0.4) is 0 Å². The summed E-state index contributed by atoms with van der Waals surface area (Å²) in [6.07, 6.45) is 8.44. The molecule has 0 aromatic carbocycles. The number of rotatable bonds is 6. The van der Waals surface area contributed by atoms with Gasteiger partial charge in [-0.25, -0.2) is 0 Å². The summed E-state index contributed by atoms with van der Waals surface area (Å²) in [5, 5.41) is 3.81. The van der Waals surface area contributed by atoms with E-state index in [1.807, 2.05) is 0 Å². The van der Waals surface area contributed by atoms with Gasteiger partial charge in [-0.1, -0.05) is 47.5 Å². The van der Waals surface area contributed by atoms with E-state index in [0.29, 0.717) is 5.41 Å². The number of hydrogen-bond acceptors (Lipinski definition) is 1. The van der Waals surface area contributed by atoms with E-state index in [0.717, 1.165) is 17.9 Å². The number of nitrogens with one attached hydrogen (secondary N) is 1. The Morgan fingerprint density at radius 3 is 2.24 bits per heavy atom. The lowest BCUT2D eigenvalue weighted by Crippen LogP contribution is -2.39. The molecule has 1 N–H and O–H groups in total. The van der Waals surface area contributed by atoms with Crippen LogP contribution >= 0.6 is 0 Å². The van der Waals surface area contributed by atoms with Crippen LogP contribution in [-0.4, -0.2) is 12.6 Å². The Morgan fingerprint density at radius 2 is 1.76 bits per heavy atom. The smallest absolute Gasteiger partial charge is 0.00980 e. The highest BCUT2D eigenvalue weighted by Gasteiger charge is 2.29. The predicted octanol–water partition coefficient (Wildman–Crippen LogP) is 4.62. The first-order chi connectivity index (χ1) is 7.95. The van der Waals surface area contributed by atoms with Crippen LogP contribution in [0.4, 0.5) is 0 Å². The normalized spacial score (nSPS) is 21.7. The van der Waals surface area contributed by atoms with Crippen LogP contribution < -0.4 is 5.32 Å². The van der Waals surface area contributed by atoms with E-state index in [2.05, 4.69) is 39.9 Å². The predicted molar refractivity (Wildman–Crippen MR) is 77.3 cm³/mol. The molecule has 0 aromatic heterocycles. The first-order valence-electron chi connectivity index (χ1n) is 7.68. The summed E-state index contributed by atoms with van der Waals surface area (Å²) in [5.41, 5.74) is 0.449. The van der Waals surface area contributed by atoms with Gasteiger partial charge in [0.1, 0.15) is 0 Å². The third-order valence-electron chi connectivity index (χ3n) is 4.71. The Kier molecular flexibility index (Phi) is 5.99. The van der Waals surface area contributed by atoms with Gasteiger partial charge in [0.05, 0.1) is 0 Å². The minimum absolute atomic E-state index is 0.449. The van der Waals surface area contributed by atoms with Crippen molar-refractivity contribution in [1.82, 2.24) is 5.32 Å². The van der Waals surface area contributed by atoms with E-state index >= 15 is 0 Å². The Labute approximate surface area is 109 Å². The molecule has 0 amide bonds. The number of hydrogen-bond donors (Lipinski definition) is 1. The standard InChI is InChI=1S/C16H33N/c1-6-11-17-15(14-9-7-8-10-14)12-13(2)16(3,4)5/h13-15,17H,6-12H2,1-5H3. The van der Waals surface area contributed by atoms with Crippen molar-refractivity contribution in [3.63, 3.8) is 0 Å². The highest BCUT2D eigenvalue weighted by Crippen LogP contribution is 2.35. The van der Waals surface area contributed by atoms with Gasteiger partial charge in [-0.15, -0.1) is 0 Å². The Bertz CT molecular complexity index is 198. The lowest BCUT2D eigenvalue weighted by molar-refractivity contribution is 0.197. The van der Waals surface area contributed by atoms with E-state index in [1.54, 1.807) is 0 Å². The average Bonchev–Trinajstić information content (AvgIpc) is 2.75. The van der Waals surface area contributed by atoms with Gasteiger partial charge in [0.15, 0.2) is 0 Å². The van der Waals surface area contributed by atoms with Crippen LogP contribution in [0.25, 0.3) is 0 Å². The van der Waals surface area contributed by atoms with E-state index in [-0.39, 0.29) is 0 Å². The van der Waals surface area contributed by atoms with Crippen LogP contribution in [-0.2, 0) is 0 Å². The largest absolute Gasteiger partial charge is 0.314 e. The second-order valence-corrected chi connectivity index (χ2v) is 7.11. The van der Waals surface area contributed by atoms with E-state index in [4.69, 9.17) is 0 Å². The first kappa shape index (κ1) is 15.0. The SMILES string of the molecule is CCCNC(CC(C)C(C)(C)C)C1CCCC1. The molecule has 0 radical (unpaired) electrons. The molecule has 2 atom stereocenters. The van der Waals surface area contributed by atoms with Gasteiger partial charge in [-0.2, -0.15) is 0 Å². The van der Waals surface area contributed by atoms with Gasteiger partial charge in [0, 0.05) is 6.04 Å². The molecule has 0 heterocycles. The van der Waals surface area contributed by atoms with Gasteiger partial charge in [0.25, 0.3) is 0 Å². The molecule has 0 spiro atoms.